The van der Waals surface area contributed by atoms with Gasteiger partial charge < -0.3 is 0 Å². The van der Waals surface area contributed by atoms with E-state index in [1.807, 2.05) is 0 Å². The molecule has 0 unspecified atom stereocenters. The number of hydrogen-bond donors (Lipinski definition) is 1. The number of rotatable bonds is 2. The van der Waals surface area contributed by atoms with E-state index in [4.69, 9.17) is 0 Å². The molecule has 0 fully saturated rings. The van der Waals surface area contributed by atoms with Crippen LogP contribution in [0.2, 0.25) is 0 Å². The second-order valence-corrected chi connectivity index (χ2v) is 4.34. The smallest absolute Gasteiger partial charge is 0.270 e. The molecule has 1 rings (SSSR count). The van der Waals surface area contributed by atoms with Crippen LogP contribution >= 0.6 is 12.6 Å². The molecular weight excluding hydrogens is 262 g/mol. The van der Waals surface area contributed by atoms with Gasteiger partial charge in [-0.25, -0.2) is 0 Å². The molecule has 0 saturated heterocycles. The minimum absolute atomic E-state index is 0. The van der Waals surface area contributed by atoms with Gasteiger partial charge in [0.05, 0.1) is 12.0 Å². The predicted octanol–water partition coefficient (Wildman–Crippen LogP) is 1.31. The van der Waals surface area contributed by atoms with E-state index in [9.17, 15) is 8.42 Å². The van der Waals surface area contributed by atoms with Crippen LogP contribution in [-0.4, -0.2) is 15.5 Å². The first-order valence-electron chi connectivity index (χ1n) is 3.16. The molecule has 13 heavy (non-hydrogen) atoms. The third-order valence-electron chi connectivity index (χ3n) is 1.34. The molecule has 0 N–H and O–H groups in total. The van der Waals surface area contributed by atoms with Crippen molar-refractivity contribution in [3.05, 3.63) is 24.3 Å². The Hall–Kier alpha value is 0.103. The number of benzene rings is 1. The fraction of sp³-hybridized carbons (Fsp3) is 0.143. The van der Waals surface area contributed by atoms with E-state index in [0.717, 1.165) is 7.11 Å². The van der Waals surface area contributed by atoms with Gasteiger partial charge in [0.2, 0.25) is 0 Å². The average molecular weight is 270 g/mol. The van der Waals surface area contributed by atoms with Crippen molar-refractivity contribution in [2.45, 2.75) is 9.79 Å². The molecule has 0 atom stereocenters. The summed E-state index contributed by atoms with van der Waals surface area (Å²) in [5.41, 5.74) is 0. The van der Waals surface area contributed by atoms with Crippen molar-refractivity contribution in [1.82, 2.24) is 0 Å². The Bertz CT molecular complexity index is 358. The SMILES string of the molecule is COS(=O)(=O)c1ccc(S)cc1.[Zn+2]. The second-order valence-electron chi connectivity index (χ2n) is 2.11. The molecule has 0 aromatic heterocycles. The summed E-state index contributed by atoms with van der Waals surface area (Å²) >= 11 is 4.02. The summed E-state index contributed by atoms with van der Waals surface area (Å²) < 4.78 is 26.4. The van der Waals surface area contributed by atoms with Gasteiger partial charge in [-0.15, -0.1) is 12.6 Å². The van der Waals surface area contributed by atoms with Crippen LogP contribution < -0.4 is 0 Å². The Balaban J connectivity index is 0.00000144. The minimum Gasteiger partial charge on any atom is -0.270 e. The molecule has 0 aliphatic rings. The quantitative estimate of drug-likeness (QED) is 0.500. The third kappa shape index (κ3) is 3.39. The first-order valence-corrected chi connectivity index (χ1v) is 5.01. The maximum Gasteiger partial charge on any atom is 2.00 e. The zero-order chi connectivity index (χ0) is 9.19. The second kappa shape index (κ2) is 5.10. The molecule has 0 radical (unpaired) electrons. The van der Waals surface area contributed by atoms with Crippen LogP contribution in [0.3, 0.4) is 0 Å². The standard InChI is InChI=1S/C7H8O3S2.Zn/c1-10-12(8,9)7-4-2-6(11)3-5-7;/h2-5,11H,1H3;/q;+2. The predicted molar refractivity (Wildman–Crippen MR) is 47.9 cm³/mol. The van der Waals surface area contributed by atoms with Crippen molar-refractivity contribution < 1.29 is 32.1 Å². The maximum atomic E-state index is 11.1. The van der Waals surface area contributed by atoms with Crippen LogP contribution in [0.1, 0.15) is 0 Å². The van der Waals surface area contributed by atoms with E-state index in [2.05, 4.69) is 16.8 Å². The van der Waals surface area contributed by atoms with Gasteiger partial charge in [0.25, 0.3) is 10.1 Å². The molecule has 6 heteroatoms. The maximum absolute atomic E-state index is 11.1. The summed E-state index contributed by atoms with van der Waals surface area (Å²) in [6.07, 6.45) is 0. The van der Waals surface area contributed by atoms with Gasteiger partial charge in [-0.1, -0.05) is 0 Å². The summed E-state index contributed by atoms with van der Waals surface area (Å²) in [5, 5.41) is 0. The van der Waals surface area contributed by atoms with Crippen molar-refractivity contribution in [1.29, 1.82) is 0 Å². The monoisotopic (exact) mass is 268 g/mol. The molecule has 0 aliphatic carbocycles. The van der Waals surface area contributed by atoms with Crippen LogP contribution in [-0.2, 0) is 33.8 Å². The van der Waals surface area contributed by atoms with Crippen molar-refractivity contribution in [3.63, 3.8) is 0 Å². The minimum atomic E-state index is -3.55. The van der Waals surface area contributed by atoms with E-state index in [1.54, 1.807) is 12.1 Å². The Morgan fingerprint density at radius 2 is 1.69 bits per heavy atom. The van der Waals surface area contributed by atoms with Crippen molar-refractivity contribution in [3.8, 4) is 0 Å². The summed E-state index contributed by atoms with van der Waals surface area (Å²) in [6, 6.07) is 6.08. The average Bonchev–Trinajstić information content (AvgIpc) is 2.05. The molecule has 1 aromatic carbocycles. The Morgan fingerprint density at radius 3 is 2.08 bits per heavy atom. The molecule has 0 heterocycles. The largest absolute Gasteiger partial charge is 2.00 e. The summed E-state index contributed by atoms with van der Waals surface area (Å²) in [4.78, 5) is 0.854. The number of hydrogen-bond acceptors (Lipinski definition) is 4. The Kier molecular flexibility index (Phi) is 5.14. The van der Waals surface area contributed by atoms with Gasteiger partial charge >= 0.3 is 19.5 Å². The van der Waals surface area contributed by atoms with Crippen molar-refractivity contribution >= 4 is 22.7 Å². The fourth-order valence-corrected chi connectivity index (χ4v) is 1.52. The van der Waals surface area contributed by atoms with Crippen LogP contribution in [0.15, 0.2) is 34.1 Å². The van der Waals surface area contributed by atoms with Crippen LogP contribution in [0.5, 0.6) is 0 Å². The van der Waals surface area contributed by atoms with E-state index >= 15 is 0 Å². The van der Waals surface area contributed by atoms with Gasteiger partial charge in [0.15, 0.2) is 0 Å². The van der Waals surface area contributed by atoms with Crippen LogP contribution in [0, 0.1) is 0 Å². The molecule has 3 nitrogen and oxygen atoms in total. The third-order valence-corrected chi connectivity index (χ3v) is 2.93. The number of thiol groups is 1. The van der Waals surface area contributed by atoms with E-state index in [1.165, 1.54) is 12.1 Å². The normalized spacial score (nSPS) is 10.6. The van der Waals surface area contributed by atoms with Crippen LogP contribution in [0.4, 0.5) is 0 Å². The fourth-order valence-electron chi connectivity index (χ4n) is 0.709. The molecule has 0 aliphatic heterocycles. The van der Waals surface area contributed by atoms with Gasteiger partial charge in [-0.3, -0.25) is 4.18 Å². The van der Waals surface area contributed by atoms with Crippen LogP contribution in [0.25, 0.3) is 0 Å². The summed E-state index contributed by atoms with van der Waals surface area (Å²) in [6.45, 7) is 0. The molecule has 66 valence electrons. The zero-order valence-corrected chi connectivity index (χ0v) is 11.8. The van der Waals surface area contributed by atoms with E-state index in [0.29, 0.717) is 4.90 Å². The zero-order valence-electron chi connectivity index (χ0n) is 7.10. The first kappa shape index (κ1) is 13.1. The summed E-state index contributed by atoms with van der Waals surface area (Å²) in [5.74, 6) is 0. The molecular formula is C7H8O3S2Zn+2. The molecule has 1 aromatic rings. The van der Waals surface area contributed by atoms with E-state index in [-0.39, 0.29) is 24.4 Å². The molecule has 0 amide bonds. The first-order chi connectivity index (χ1) is 5.56. The molecule has 0 bridgehead atoms. The van der Waals surface area contributed by atoms with Gasteiger partial charge in [0, 0.05) is 4.90 Å². The topological polar surface area (TPSA) is 43.4 Å². The van der Waals surface area contributed by atoms with Gasteiger partial charge in [0.1, 0.15) is 0 Å². The van der Waals surface area contributed by atoms with E-state index < -0.39 is 10.1 Å². The molecule has 0 spiro atoms. The van der Waals surface area contributed by atoms with Crippen molar-refractivity contribution in [2.24, 2.45) is 0 Å². The Labute approximate surface area is 95.8 Å². The summed E-state index contributed by atoms with van der Waals surface area (Å²) in [7, 11) is -2.42. The van der Waals surface area contributed by atoms with Gasteiger partial charge in [-0.05, 0) is 24.3 Å². The Morgan fingerprint density at radius 1 is 1.23 bits per heavy atom. The van der Waals surface area contributed by atoms with Crippen molar-refractivity contribution in [2.75, 3.05) is 7.11 Å². The molecule has 0 saturated carbocycles. The van der Waals surface area contributed by atoms with Gasteiger partial charge in [-0.2, -0.15) is 8.42 Å².